The van der Waals surface area contributed by atoms with E-state index in [1.54, 1.807) is 0 Å². The standard InChI is InChI=1S/C15H11N3O/c1-10-17-13-8-11(5-6-14(13)19-10)15-16-9-12-4-2-3-7-18(12)15/h2-9H,1H3. The van der Waals surface area contributed by atoms with Crippen molar-refractivity contribution >= 4 is 16.6 Å². The minimum atomic E-state index is 0.681. The average Bonchev–Trinajstić information content (AvgIpc) is 2.99. The van der Waals surface area contributed by atoms with Crippen LogP contribution >= 0.6 is 0 Å². The quantitative estimate of drug-likeness (QED) is 0.519. The number of benzene rings is 1. The summed E-state index contributed by atoms with van der Waals surface area (Å²) in [6.07, 6.45) is 3.88. The molecule has 0 aliphatic rings. The van der Waals surface area contributed by atoms with Gasteiger partial charge in [0.15, 0.2) is 11.5 Å². The summed E-state index contributed by atoms with van der Waals surface area (Å²) in [4.78, 5) is 8.84. The van der Waals surface area contributed by atoms with Crippen LogP contribution in [0.1, 0.15) is 5.89 Å². The second-order valence-corrected chi connectivity index (χ2v) is 4.49. The number of fused-ring (bicyclic) bond motifs is 2. The van der Waals surface area contributed by atoms with Crippen molar-refractivity contribution in [3.05, 3.63) is 54.7 Å². The van der Waals surface area contributed by atoms with Crippen molar-refractivity contribution in [1.82, 2.24) is 14.4 Å². The molecule has 0 bridgehead atoms. The predicted octanol–water partition coefficient (Wildman–Crippen LogP) is 3.45. The lowest BCUT2D eigenvalue weighted by Gasteiger charge is -2.00. The second kappa shape index (κ2) is 3.68. The summed E-state index contributed by atoms with van der Waals surface area (Å²) in [6, 6.07) is 12.0. The Morgan fingerprint density at radius 3 is 3.05 bits per heavy atom. The highest BCUT2D eigenvalue weighted by atomic mass is 16.3. The fraction of sp³-hybridized carbons (Fsp3) is 0.0667. The number of imidazole rings is 1. The number of rotatable bonds is 1. The number of hydrogen-bond donors (Lipinski definition) is 0. The Balaban J connectivity index is 1.98. The largest absolute Gasteiger partial charge is 0.441 e. The maximum absolute atomic E-state index is 5.49. The van der Waals surface area contributed by atoms with E-state index >= 15 is 0 Å². The highest BCUT2D eigenvalue weighted by Crippen LogP contribution is 2.24. The molecule has 4 nitrogen and oxygen atoms in total. The van der Waals surface area contributed by atoms with Crippen molar-refractivity contribution in [3.63, 3.8) is 0 Å². The maximum atomic E-state index is 5.49. The zero-order valence-corrected chi connectivity index (χ0v) is 10.4. The molecular formula is C15H11N3O. The summed E-state index contributed by atoms with van der Waals surface area (Å²) >= 11 is 0. The van der Waals surface area contributed by atoms with Gasteiger partial charge in [0, 0.05) is 18.7 Å². The molecule has 1 aromatic carbocycles. The van der Waals surface area contributed by atoms with Gasteiger partial charge in [-0.3, -0.25) is 4.40 Å². The van der Waals surface area contributed by atoms with Gasteiger partial charge < -0.3 is 4.42 Å². The van der Waals surface area contributed by atoms with Crippen LogP contribution in [-0.2, 0) is 0 Å². The van der Waals surface area contributed by atoms with Crippen molar-refractivity contribution in [2.24, 2.45) is 0 Å². The summed E-state index contributed by atoms with van der Waals surface area (Å²) in [7, 11) is 0. The Labute approximate surface area is 109 Å². The molecule has 4 rings (SSSR count). The summed E-state index contributed by atoms with van der Waals surface area (Å²) in [5.41, 5.74) is 3.78. The van der Waals surface area contributed by atoms with E-state index in [-0.39, 0.29) is 0 Å². The zero-order chi connectivity index (χ0) is 12.8. The van der Waals surface area contributed by atoms with E-state index in [0.717, 1.165) is 28.0 Å². The minimum absolute atomic E-state index is 0.681. The number of aryl methyl sites for hydroxylation is 1. The predicted molar refractivity (Wildman–Crippen MR) is 72.9 cm³/mol. The first-order valence-corrected chi connectivity index (χ1v) is 6.11. The molecule has 3 aromatic heterocycles. The Bertz CT molecular complexity index is 889. The smallest absolute Gasteiger partial charge is 0.192 e. The number of aromatic nitrogens is 3. The van der Waals surface area contributed by atoms with Crippen LogP contribution in [0.3, 0.4) is 0 Å². The molecule has 0 aliphatic heterocycles. The number of hydrogen-bond acceptors (Lipinski definition) is 3. The van der Waals surface area contributed by atoms with Crippen LogP contribution in [0.4, 0.5) is 0 Å². The molecule has 0 unspecified atom stereocenters. The summed E-state index contributed by atoms with van der Waals surface area (Å²) in [6.45, 7) is 1.85. The highest BCUT2D eigenvalue weighted by Gasteiger charge is 2.09. The lowest BCUT2D eigenvalue weighted by atomic mass is 10.2. The average molecular weight is 249 g/mol. The van der Waals surface area contributed by atoms with Gasteiger partial charge >= 0.3 is 0 Å². The van der Waals surface area contributed by atoms with Crippen molar-refractivity contribution < 1.29 is 4.42 Å². The third kappa shape index (κ3) is 1.53. The van der Waals surface area contributed by atoms with Crippen LogP contribution in [0.15, 0.2) is 53.2 Å². The first kappa shape index (κ1) is 10.3. The van der Waals surface area contributed by atoms with Crippen LogP contribution in [-0.4, -0.2) is 14.4 Å². The van der Waals surface area contributed by atoms with Crippen LogP contribution in [0.5, 0.6) is 0 Å². The van der Waals surface area contributed by atoms with E-state index in [1.807, 2.05) is 55.7 Å². The van der Waals surface area contributed by atoms with Gasteiger partial charge in [0.25, 0.3) is 0 Å². The molecule has 0 aliphatic carbocycles. The van der Waals surface area contributed by atoms with Crippen molar-refractivity contribution in [2.75, 3.05) is 0 Å². The van der Waals surface area contributed by atoms with E-state index in [4.69, 9.17) is 4.42 Å². The first-order chi connectivity index (χ1) is 9.31. The molecule has 0 atom stereocenters. The highest BCUT2D eigenvalue weighted by molar-refractivity contribution is 5.79. The molecule has 0 saturated carbocycles. The van der Waals surface area contributed by atoms with Gasteiger partial charge in [-0.2, -0.15) is 0 Å². The molecule has 0 amide bonds. The molecule has 0 spiro atoms. The van der Waals surface area contributed by atoms with Crippen molar-refractivity contribution in [1.29, 1.82) is 0 Å². The fourth-order valence-corrected chi connectivity index (χ4v) is 2.34. The monoisotopic (exact) mass is 249 g/mol. The molecule has 0 N–H and O–H groups in total. The number of pyridine rings is 1. The summed E-state index contributed by atoms with van der Waals surface area (Å²) in [5.74, 6) is 1.60. The number of oxazole rings is 1. The minimum Gasteiger partial charge on any atom is -0.441 e. The Kier molecular flexibility index (Phi) is 2.00. The third-order valence-corrected chi connectivity index (χ3v) is 3.19. The van der Waals surface area contributed by atoms with E-state index in [1.165, 1.54) is 0 Å². The van der Waals surface area contributed by atoms with E-state index in [0.29, 0.717) is 5.89 Å². The van der Waals surface area contributed by atoms with E-state index in [2.05, 4.69) is 14.4 Å². The SMILES string of the molecule is Cc1nc2cc(-c3ncc4ccccn34)ccc2o1. The molecular weight excluding hydrogens is 238 g/mol. The molecule has 0 radical (unpaired) electrons. The van der Waals surface area contributed by atoms with Crippen LogP contribution in [0.2, 0.25) is 0 Å². The van der Waals surface area contributed by atoms with E-state index < -0.39 is 0 Å². The summed E-state index contributed by atoms with van der Waals surface area (Å²) < 4.78 is 7.55. The Morgan fingerprint density at radius 2 is 2.11 bits per heavy atom. The van der Waals surface area contributed by atoms with Gasteiger partial charge in [-0.1, -0.05) is 6.07 Å². The Hall–Kier alpha value is -2.62. The Morgan fingerprint density at radius 1 is 1.16 bits per heavy atom. The van der Waals surface area contributed by atoms with Gasteiger partial charge in [0.2, 0.25) is 0 Å². The molecule has 4 aromatic rings. The third-order valence-electron chi connectivity index (χ3n) is 3.19. The van der Waals surface area contributed by atoms with Gasteiger partial charge in [0.1, 0.15) is 11.3 Å². The lowest BCUT2D eigenvalue weighted by molar-refractivity contribution is 0.561. The molecule has 0 fully saturated rings. The fourth-order valence-electron chi connectivity index (χ4n) is 2.34. The normalized spacial score (nSPS) is 11.4. The topological polar surface area (TPSA) is 43.3 Å². The van der Waals surface area contributed by atoms with Gasteiger partial charge in [-0.25, -0.2) is 9.97 Å². The maximum Gasteiger partial charge on any atom is 0.192 e. The molecule has 0 saturated heterocycles. The van der Waals surface area contributed by atoms with Crippen LogP contribution in [0, 0.1) is 6.92 Å². The second-order valence-electron chi connectivity index (χ2n) is 4.49. The first-order valence-electron chi connectivity index (χ1n) is 6.11. The molecule has 3 heterocycles. The van der Waals surface area contributed by atoms with Crippen LogP contribution < -0.4 is 0 Å². The van der Waals surface area contributed by atoms with Crippen molar-refractivity contribution in [3.8, 4) is 11.4 Å². The molecule has 92 valence electrons. The van der Waals surface area contributed by atoms with Crippen molar-refractivity contribution in [2.45, 2.75) is 6.92 Å². The van der Waals surface area contributed by atoms with Gasteiger partial charge in [-0.05, 0) is 30.3 Å². The summed E-state index contributed by atoms with van der Waals surface area (Å²) in [5, 5.41) is 0. The molecule has 19 heavy (non-hydrogen) atoms. The lowest BCUT2D eigenvalue weighted by Crippen LogP contribution is -1.88. The van der Waals surface area contributed by atoms with Crippen LogP contribution in [0.25, 0.3) is 28.0 Å². The zero-order valence-electron chi connectivity index (χ0n) is 10.4. The van der Waals surface area contributed by atoms with Gasteiger partial charge in [-0.15, -0.1) is 0 Å². The molecule has 4 heteroatoms. The number of nitrogens with zero attached hydrogens (tertiary/aromatic N) is 3. The van der Waals surface area contributed by atoms with E-state index in [9.17, 15) is 0 Å². The van der Waals surface area contributed by atoms with Gasteiger partial charge in [0.05, 0.1) is 11.7 Å².